The Hall–Kier alpha value is -0.120. The van der Waals surface area contributed by atoms with Gasteiger partial charge in [0.25, 0.3) is 0 Å². The Morgan fingerprint density at radius 3 is 2.67 bits per heavy atom. The van der Waals surface area contributed by atoms with Crippen molar-refractivity contribution in [1.82, 2.24) is 10.2 Å². The lowest BCUT2D eigenvalue weighted by atomic mass is 9.92. The van der Waals surface area contributed by atoms with E-state index in [2.05, 4.69) is 10.2 Å². The maximum absolute atomic E-state index is 10.1. The standard InChI is InChI=1S/C9H18N2O/c12-9(3-1-4-10-7-9)8-11-5-2-6-11/h10,12H,1-8H2. The van der Waals surface area contributed by atoms with Crippen LogP contribution in [0.1, 0.15) is 19.3 Å². The quantitative estimate of drug-likeness (QED) is 0.603. The predicted octanol–water partition coefficient (Wildman–Crippen LogP) is -0.193. The average molecular weight is 170 g/mol. The molecule has 0 radical (unpaired) electrons. The molecule has 70 valence electrons. The van der Waals surface area contributed by atoms with Crippen LogP contribution in [0.3, 0.4) is 0 Å². The van der Waals surface area contributed by atoms with Gasteiger partial charge in [-0.25, -0.2) is 0 Å². The Bertz CT molecular complexity index is 151. The predicted molar refractivity (Wildman–Crippen MR) is 48.1 cm³/mol. The molecule has 1 atom stereocenters. The first-order valence-corrected chi connectivity index (χ1v) is 4.94. The molecule has 2 aliphatic heterocycles. The van der Waals surface area contributed by atoms with Crippen LogP contribution >= 0.6 is 0 Å². The average Bonchev–Trinajstić information content (AvgIpc) is 1.99. The highest BCUT2D eigenvalue weighted by Gasteiger charge is 2.32. The monoisotopic (exact) mass is 170 g/mol. The summed E-state index contributed by atoms with van der Waals surface area (Å²) >= 11 is 0. The van der Waals surface area contributed by atoms with Gasteiger partial charge < -0.3 is 15.3 Å². The number of aliphatic hydroxyl groups is 1. The summed E-state index contributed by atoms with van der Waals surface area (Å²) in [6, 6.07) is 0. The number of hydrogen-bond donors (Lipinski definition) is 2. The number of piperidine rings is 1. The smallest absolute Gasteiger partial charge is 0.0898 e. The summed E-state index contributed by atoms with van der Waals surface area (Å²) in [4.78, 5) is 2.34. The van der Waals surface area contributed by atoms with Crippen LogP contribution in [-0.4, -0.2) is 48.3 Å². The Morgan fingerprint density at radius 1 is 1.33 bits per heavy atom. The van der Waals surface area contributed by atoms with Gasteiger partial charge in [0.05, 0.1) is 5.60 Å². The lowest BCUT2D eigenvalue weighted by Crippen LogP contribution is -2.55. The fourth-order valence-electron chi connectivity index (χ4n) is 2.04. The molecule has 3 heteroatoms. The van der Waals surface area contributed by atoms with E-state index in [0.717, 1.165) is 32.5 Å². The molecule has 1 unspecified atom stereocenters. The molecule has 0 aromatic carbocycles. The highest BCUT2D eigenvalue weighted by molar-refractivity contribution is 4.89. The molecule has 12 heavy (non-hydrogen) atoms. The molecular formula is C9H18N2O. The maximum atomic E-state index is 10.1. The molecule has 2 rings (SSSR count). The minimum atomic E-state index is -0.432. The minimum Gasteiger partial charge on any atom is -0.387 e. The van der Waals surface area contributed by atoms with Crippen molar-refractivity contribution in [3.05, 3.63) is 0 Å². The fourth-order valence-corrected chi connectivity index (χ4v) is 2.04. The first-order chi connectivity index (χ1) is 5.79. The summed E-state index contributed by atoms with van der Waals surface area (Å²) in [6.07, 6.45) is 3.39. The zero-order valence-electron chi connectivity index (χ0n) is 7.55. The van der Waals surface area contributed by atoms with E-state index in [-0.39, 0.29) is 0 Å². The van der Waals surface area contributed by atoms with E-state index in [1.165, 1.54) is 19.5 Å². The van der Waals surface area contributed by atoms with E-state index in [4.69, 9.17) is 0 Å². The molecule has 3 nitrogen and oxygen atoms in total. The summed E-state index contributed by atoms with van der Waals surface area (Å²) in [5.74, 6) is 0. The molecule has 0 saturated carbocycles. The third-order valence-electron chi connectivity index (χ3n) is 2.92. The Balaban J connectivity index is 1.81. The van der Waals surface area contributed by atoms with Crippen molar-refractivity contribution in [2.45, 2.75) is 24.9 Å². The van der Waals surface area contributed by atoms with Gasteiger partial charge in [-0.05, 0) is 38.9 Å². The normalized spacial score (nSPS) is 37.8. The molecular weight excluding hydrogens is 152 g/mol. The van der Waals surface area contributed by atoms with Crippen molar-refractivity contribution in [3.63, 3.8) is 0 Å². The first kappa shape index (κ1) is 8.48. The Labute approximate surface area is 73.8 Å². The van der Waals surface area contributed by atoms with Gasteiger partial charge in [-0.1, -0.05) is 0 Å². The number of rotatable bonds is 2. The van der Waals surface area contributed by atoms with Gasteiger partial charge in [0, 0.05) is 13.1 Å². The van der Waals surface area contributed by atoms with Gasteiger partial charge in [-0.15, -0.1) is 0 Å². The molecule has 2 N–H and O–H groups in total. The van der Waals surface area contributed by atoms with Crippen molar-refractivity contribution >= 4 is 0 Å². The van der Waals surface area contributed by atoms with Gasteiger partial charge in [0.1, 0.15) is 0 Å². The molecule has 2 heterocycles. The SMILES string of the molecule is OC1(CN2CCC2)CCCNC1. The Morgan fingerprint density at radius 2 is 2.17 bits per heavy atom. The largest absolute Gasteiger partial charge is 0.387 e. The van der Waals surface area contributed by atoms with Crippen molar-refractivity contribution in [1.29, 1.82) is 0 Å². The molecule has 2 aliphatic rings. The van der Waals surface area contributed by atoms with Gasteiger partial charge in [0.15, 0.2) is 0 Å². The van der Waals surface area contributed by atoms with Crippen LogP contribution in [-0.2, 0) is 0 Å². The van der Waals surface area contributed by atoms with Crippen molar-refractivity contribution in [2.75, 3.05) is 32.7 Å². The zero-order valence-corrected chi connectivity index (χ0v) is 7.55. The highest BCUT2D eigenvalue weighted by Crippen LogP contribution is 2.19. The molecule has 0 aliphatic carbocycles. The minimum absolute atomic E-state index is 0.432. The highest BCUT2D eigenvalue weighted by atomic mass is 16.3. The molecule has 2 fully saturated rings. The molecule has 0 spiro atoms. The topological polar surface area (TPSA) is 35.5 Å². The van der Waals surface area contributed by atoms with Crippen LogP contribution in [0.2, 0.25) is 0 Å². The summed E-state index contributed by atoms with van der Waals surface area (Å²) < 4.78 is 0. The van der Waals surface area contributed by atoms with Crippen LogP contribution < -0.4 is 5.32 Å². The van der Waals surface area contributed by atoms with E-state index in [1.54, 1.807) is 0 Å². The summed E-state index contributed by atoms with van der Waals surface area (Å²) in [5, 5.41) is 13.4. The van der Waals surface area contributed by atoms with Crippen molar-refractivity contribution in [2.24, 2.45) is 0 Å². The van der Waals surface area contributed by atoms with Crippen LogP contribution in [0.25, 0.3) is 0 Å². The van der Waals surface area contributed by atoms with Crippen molar-refractivity contribution < 1.29 is 5.11 Å². The van der Waals surface area contributed by atoms with E-state index in [1.807, 2.05) is 0 Å². The summed E-state index contributed by atoms with van der Waals surface area (Å²) in [5.41, 5.74) is -0.432. The van der Waals surface area contributed by atoms with Gasteiger partial charge in [-0.2, -0.15) is 0 Å². The second-order valence-corrected chi connectivity index (χ2v) is 4.13. The summed E-state index contributed by atoms with van der Waals surface area (Å²) in [6.45, 7) is 5.09. The van der Waals surface area contributed by atoms with Crippen molar-refractivity contribution in [3.8, 4) is 0 Å². The number of nitrogens with one attached hydrogen (secondary N) is 1. The van der Waals surface area contributed by atoms with Crippen LogP contribution in [0.4, 0.5) is 0 Å². The number of likely N-dealkylation sites (tertiary alicyclic amines) is 1. The second-order valence-electron chi connectivity index (χ2n) is 4.13. The first-order valence-electron chi connectivity index (χ1n) is 4.94. The third-order valence-corrected chi connectivity index (χ3v) is 2.92. The molecule has 0 amide bonds. The maximum Gasteiger partial charge on any atom is 0.0898 e. The third kappa shape index (κ3) is 1.79. The number of nitrogens with zero attached hydrogens (tertiary/aromatic N) is 1. The van der Waals surface area contributed by atoms with Crippen LogP contribution in [0.15, 0.2) is 0 Å². The fraction of sp³-hybridized carbons (Fsp3) is 1.00. The van der Waals surface area contributed by atoms with E-state index >= 15 is 0 Å². The van der Waals surface area contributed by atoms with E-state index in [9.17, 15) is 5.11 Å². The van der Waals surface area contributed by atoms with E-state index < -0.39 is 5.60 Å². The molecule has 0 aromatic rings. The van der Waals surface area contributed by atoms with Gasteiger partial charge in [-0.3, -0.25) is 0 Å². The lowest BCUT2D eigenvalue weighted by molar-refractivity contribution is -0.0294. The number of hydrogen-bond acceptors (Lipinski definition) is 3. The van der Waals surface area contributed by atoms with Crippen LogP contribution in [0.5, 0.6) is 0 Å². The molecule has 0 bridgehead atoms. The van der Waals surface area contributed by atoms with Gasteiger partial charge >= 0.3 is 0 Å². The number of β-amino-alcohol motifs (C(OH)–C–C–N with tert-alkyl or cyclic N) is 1. The van der Waals surface area contributed by atoms with E-state index in [0.29, 0.717) is 0 Å². The van der Waals surface area contributed by atoms with Gasteiger partial charge in [0.2, 0.25) is 0 Å². The Kier molecular flexibility index (Phi) is 2.35. The lowest BCUT2D eigenvalue weighted by Gasteiger charge is -2.40. The molecule has 2 saturated heterocycles. The second kappa shape index (κ2) is 3.32. The van der Waals surface area contributed by atoms with Crippen LogP contribution in [0, 0.1) is 0 Å². The molecule has 0 aromatic heterocycles. The zero-order chi connectivity index (χ0) is 8.44. The summed E-state index contributed by atoms with van der Waals surface area (Å²) in [7, 11) is 0.